The van der Waals surface area contributed by atoms with Crippen molar-refractivity contribution in [3.8, 4) is 0 Å². The summed E-state index contributed by atoms with van der Waals surface area (Å²) in [5.41, 5.74) is 8.38. The molecule has 0 aromatic carbocycles. The molecule has 0 aliphatic carbocycles. The van der Waals surface area contributed by atoms with Crippen LogP contribution in [0.2, 0.25) is 0 Å². The first-order valence-corrected chi connectivity index (χ1v) is 12.8. The van der Waals surface area contributed by atoms with Crippen LogP contribution in [0.1, 0.15) is 19.8 Å². The van der Waals surface area contributed by atoms with E-state index in [1.807, 2.05) is 0 Å². The van der Waals surface area contributed by atoms with Gasteiger partial charge in [0.1, 0.15) is 49.3 Å². The van der Waals surface area contributed by atoms with Gasteiger partial charge in [0.25, 0.3) is 5.79 Å². The van der Waals surface area contributed by atoms with E-state index in [-0.39, 0.29) is 19.6 Å². The first-order chi connectivity index (χ1) is 19.8. The number of nitrogens with zero attached hydrogens (tertiary/aromatic N) is 3. The van der Waals surface area contributed by atoms with Crippen LogP contribution in [0.5, 0.6) is 0 Å². The maximum Gasteiger partial charge on any atom is 0.364 e. The van der Waals surface area contributed by atoms with Gasteiger partial charge in [0.05, 0.1) is 25.4 Å². The lowest BCUT2D eigenvalue weighted by Crippen LogP contribution is -2.69. The standard InChI is InChI=1S/C22H37N5O15/c1-9(30)25-15-18(36)17(35)12(41-20(15)39-4-2-3-24-27-23)8-40-22(21(37)38)5-10(31)14(26-13(33)7-29)19(42-22)16(34)11(32)6-28/h10-12,14-20,28-29,31-32,34-36H,2-8H2,1H3,(H,25,30)(H,26,33)(H,37,38)/t10-,11+,12+,14+,15+,16+,17-,18+,19+,20-,22+/m0/s1. The zero-order valence-electron chi connectivity index (χ0n) is 22.5. The van der Waals surface area contributed by atoms with Crippen molar-refractivity contribution in [2.24, 2.45) is 5.11 Å². The number of aliphatic hydroxyl groups is 7. The summed E-state index contributed by atoms with van der Waals surface area (Å²) in [7, 11) is 0. The van der Waals surface area contributed by atoms with Crippen LogP contribution >= 0.6 is 0 Å². The molecule has 0 spiro atoms. The van der Waals surface area contributed by atoms with E-state index in [0.29, 0.717) is 0 Å². The summed E-state index contributed by atoms with van der Waals surface area (Å²) in [4.78, 5) is 38.4. The van der Waals surface area contributed by atoms with E-state index in [9.17, 15) is 50.1 Å². The number of aliphatic carboxylic acids is 1. The summed E-state index contributed by atoms with van der Waals surface area (Å²) in [6.07, 6.45) is -14.7. The fraction of sp³-hybridized carbons (Fsp3) is 0.864. The summed E-state index contributed by atoms with van der Waals surface area (Å²) < 4.78 is 22.1. The summed E-state index contributed by atoms with van der Waals surface area (Å²) in [6.45, 7) is -1.75. The smallest absolute Gasteiger partial charge is 0.364 e. The van der Waals surface area contributed by atoms with E-state index in [2.05, 4.69) is 20.7 Å². The van der Waals surface area contributed by atoms with Gasteiger partial charge in [-0.15, -0.1) is 0 Å². The fourth-order valence-corrected chi connectivity index (χ4v) is 4.47. The van der Waals surface area contributed by atoms with Gasteiger partial charge in [0, 0.05) is 31.4 Å². The van der Waals surface area contributed by atoms with Crippen molar-refractivity contribution in [1.82, 2.24) is 10.6 Å². The van der Waals surface area contributed by atoms with Crippen LogP contribution in [0.15, 0.2) is 5.11 Å². The lowest BCUT2D eigenvalue weighted by molar-refractivity contribution is -0.330. The molecule has 0 radical (unpaired) electrons. The van der Waals surface area contributed by atoms with Gasteiger partial charge in [-0.25, -0.2) is 4.79 Å². The van der Waals surface area contributed by atoms with E-state index < -0.39 is 111 Å². The number of amides is 2. The molecule has 0 aromatic rings. The molecule has 2 saturated heterocycles. The molecular formula is C22H37N5O15. The average molecular weight is 612 g/mol. The molecule has 0 bridgehead atoms. The fourth-order valence-electron chi connectivity index (χ4n) is 4.47. The summed E-state index contributed by atoms with van der Waals surface area (Å²) in [6, 6.07) is -2.85. The van der Waals surface area contributed by atoms with Gasteiger partial charge in [0.15, 0.2) is 6.29 Å². The molecule has 20 heteroatoms. The third-order valence-corrected chi connectivity index (χ3v) is 6.59. The second-order valence-corrected chi connectivity index (χ2v) is 9.64. The SMILES string of the molecule is CC(=O)N[C@H]1[C@@H](OCCCN=[N+]=[N-])O[C@H](CO[C@]2(C(=O)O)C[C@H](O)[C@@H](NC(=O)CO)[C@H]([C@H](O)[C@H](O)CO)O2)[C@H](O)[C@@H]1O. The lowest BCUT2D eigenvalue weighted by Gasteiger charge is -2.47. The number of aliphatic hydroxyl groups excluding tert-OH is 7. The molecule has 2 heterocycles. The zero-order chi connectivity index (χ0) is 31.6. The summed E-state index contributed by atoms with van der Waals surface area (Å²) in [5.74, 6) is -6.25. The Labute approximate surface area is 238 Å². The monoisotopic (exact) mass is 611 g/mol. The highest BCUT2D eigenvalue weighted by atomic mass is 16.7. The van der Waals surface area contributed by atoms with Crippen molar-refractivity contribution in [3.05, 3.63) is 10.4 Å². The molecule has 42 heavy (non-hydrogen) atoms. The molecular weight excluding hydrogens is 574 g/mol. The number of carboxylic acids is 1. The molecule has 0 unspecified atom stereocenters. The second kappa shape index (κ2) is 16.2. The molecule has 240 valence electrons. The summed E-state index contributed by atoms with van der Waals surface area (Å²) >= 11 is 0. The number of hydrogen-bond donors (Lipinski definition) is 10. The van der Waals surface area contributed by atoms with Crippen LogP contribution in [-0.4, -0.2) is 158 Å². The van der Waals surface area contributed by atoms with Crippen molar-refractivity contribution in [1.29, 1.82) is 0 Å². The highest BCUT2D eigenvalue weighted by molar-refractivity contribution is 5.78. The Balaban J connectivity index is 2.28. The molecule has 2 aliphatic heterocycles. The predicted octanol–water partition coefficient (Wildman–Crippen LogP) is -5.21. The Morgan fingerprint density at radius 2 is 1.83 bits per heavy atom. The van der Waals surface area contributed by atoms with Crippen molar-refractivity contribution in [3.63, 3.8) is 0 Å². The topological polar surface area (TPSA) is 323 Å². The van der Waals surface area contributed by atoms with Crippen LogP contribution in [0, 0.1) is 0 Å². The first-order valence-electron chi connectivity index (χ1n) is 12.8. The third-order valence-electron chi connectivity index (χ3n) is 6.59. The Morgan fingerprint density at radius 1 is 1.14 bits per heavy atom. The van der Waals surface area contributed by atoms with Crippen LogP contribution in [0.3, 0.4) is 0 Å². The van der Waals surface area contributed by atoms with Crippen LogP contribution < -0.4 is 10.6 Å². The molecule has 11 atom stereocenters. The van der Waals surface area contributed by atoms with Gasteiger partial charge in [-0.05, 0) is 12.0 Å². The molecule has 2 rings (SSSR count). The Kier molecular flexibility index (Phi) is 13.7. The number of carbonyl (C=O) groups is 3. The van der Waals surface area contributed by atoms with E-state index in [0.717, 1.165) is 6.92 Å². The average Bonchev–Trinajstić information content (AvgIpc) is 2.95. The number of carbonyl (C=O) groups excluding carboxylic acids is 2. The maximum atomic E-state index is 12.4. The number of ether oxygens (including phenoxy) is 4. The van der Waals surface area contributed by atoms with Crippen molar-refractivity contribution in [2.75, 3.05) is 33.0 Å². The second-order valence-electron chi connectivity index (χ2n) is 9.64. The van der Waals surface area contributed by atoms with Gasteiger partial charge < -0.3 is 70.4 Å². The van der Waals surface area contributed by atoms with Crippen molar-refractivity contribution >= 4 is 17.8 Å². The Morgan fingerprint density at radius 3 is 2.40 bits per heavy atom. The summed E-state index contributed by atoms with van der Waals surface area (Å²) in [5, 5.41) is 88.8. The highest BCUT2D eigenvalue weighted by Gasteiger charge is 2.57. The van der Waals surface area contributed by atoms with Crippen LogP contribution in [0.25, 0.3) is 10.4 Å². The van der Waals surface area contributed by atoms with Crippen molar-refractivity contribution in [2.45, 2.75) is 86.7 Å². The number of carboxylic acid groups (broad SMARTS) is 1. The van der Waals surface area contributed by atoms with E-state index in [1.54, 1.807) is 0 Å². The molecule has 0 aromatic heterocycles. The van der Waals surface area contributed by atoms with E-state index in [1.165, 1.54) is 0 Å². The largest absolute Gasteiger partial charge is 0.477 e. The molecule has 10 N–H and O–H groups in total. The van der Waals surface area contributed by atoms with Gasteiger partial charge in [-0.3, -0.25) is 9.59 Å². The van der Waals surface area contributed by atoms with E-state index in [4.69, 9.17) is 29.6 Å². The molecule has 2 amide bonds. The molecule has 20 nitrogen and oxygen atoms in total. The lowest BCUT2D eigenvalue weighted by atomic mass is 9.88. The molecule has 0 saturated carbocycles. The number of azide groups is 1. The maximum absolute atomic E-state index is 12.4. The van der Waals surface area contributed by atoms with E-state index >= 15 is 0 Å². The van der Waals surface area contributed by atoms with Gasteiger partial charge >= 0.3 is 5.97 Å². The predicted molar refractivity (Wildman–Crippen MR) is 133 cm³/mol. The molecule has 2 fully saturated rings. The quantitative estimate of drug-likeness (QED) is 0.0358. The minimum atomic E-state index is -2.78. The third kappa shape index (κ3) is 8.89. The van der Waals surface area contributed by atoms with Gasteiger partial charge in [0.2, 0.25) is 11.8 Å². The first kappa shape index (κ1) is 35.5. The minimum Gasteiger partial charge on any atom is -0.477 e. The Hall–Kier alpha value is -2.72. The highest BCUT2D eigenvalue weighted by Crippen LogP contribution is 2.34. The number of hydrogen-bond acceptors (Lipinski definition) is 15. The van der Waals surface area contributed by atoms with Crippen LogP contribution in [0.4, 0.5) is 0 Å². The van der Waals surface area contributed by atoms with Crippen molar-refractivity contribution < 1.29 is 74.2 Å². The van der Waals surface area contributed by atoms with Gasteiger partial charge in [-0.2, -0.15) is 0 Å². The zero-order valence-corrected chi connectivity index (χ0v) is 22.5. The normalized spacial score (nSPS) is 34.5. The number of rotatable bonds is 15. The van der Waals surface area contributed by atoms with Crippen LogP contribution in [-0.2, 0) is 33.3 Å². The Bertz CT molecular complexity index is 970. The number of nitrogens with one attached hydrogen (secondary N) is 2. The van der Waals surface area contributed by atoms with Gasteiger partial charge in [-0.1, -0.05) is 5.11 Å². The minimum absolute atomic E-state index is 0.0598. The molecule has 2 aliphatic rings.